The molecule has 3 unspecified atom stereocenters. The minimum Gasteiger partial charge on any atom is -0.486 e. The first-order valence-electron chi connectivity index (χ1n) is 11.8. The van der Waals surface area contributed by atoms with Crippen molar-refractivity contribution in [2.45, 2.75) is 38.2 Å². The maximum atomic E-state index is 14.8. The predicted octanol–water partition coefficient (Wildman–Crippen LogP) is 5.62. The van der Waals surface area contributed by atoms with E-state index >= 15 is 0 Å². The highest BCUT2D eigenvalue weighted by molar-refractivity contribution is 5.94. The topological polar surface area (TPSA) is 84.9 Å². The molecule has 2 aliphatic rings. The van der Waals surface area contributed by atoms with Crippen LogP contribution in [-0.2, 0) is 11.2 Å². The molecule has 0 bridgehead atoms. The van der Waals surface area contributed by atoms with E-state index in [1.807, 2.05) is 31.2 Å². The lowest BCUT2D eigenvalue weighted by Crippen LogP contribution is -2.22. The minimum absolute atomic E-state index is 0.0565. The summed E-state index contributed by atoms with van der Waals surface area (Å²) in [6, 6.07) is 17.3. The van der Waals surface area contributed by atoms with Crippen LogP contribution in [0.25, 0.3) is 0 Å². The molecule has 0 aliphatic heterocycles. The standard InChI is InChI=1S/C28H26FNO5/c1-2-30-27(31)17-5-9-18(10-6-17)34-24-14-12-23(29)26-20(24)11-13-25(26)35-19-7-3-16(4-8-19)21-15-22(21)28(32)33/h3-10,12,14,21-22,25H,2,11,13,15H2,1H3,(H,30,31)(H,32,33). The molecule has 3 aromatic carbocycles. The smallest absolute Gasteiger partial charge is 0.307 e. The summed E-state index contributed by atoms with van der Waals surface area (Å²) in [7, 11) is 0. The lowest BCUT2D eigenvalue weighted by Gasteiger charge is -2.17. The van der Waals surface area contributed by atoms with Gasteiger partial charge >= 0.3 is 5.97 Å². The fourth-order valence-corrected chi connectivity index (χ4v) is 4.71. The number of nitrogens with one attached hydrogen (secondary N) is 1. The molecule has 3 atom stereocenters. The fourth-order valence-electron chi connectivity index (χ4n) is 4.71. The first-order chi connectivity index (χ1) is 16.9. The second-order valence-electron chi connectivity index (χ2n) is 8.92. The number of aliphatic carboxylic acids is 1. The van der Waals surface area contributed by atoms with Crippen LogP contribution >= 0.6 is 0 Å². The molecule has 5 rings (SSSR count). The lowest BCUT2D eigenvalue weighted by atomic mass is 10.1. The van der Waals surface area contributed by atoms with Gasteiger partial charge in [0.05, 0.1) is 5.92 Å². The molecule has 1 saturated carbocycles. The van der Waals surface area contributed by atoms with Crippen molar-refractivity contribution in [3.05, 3.63) is 88.7 Å². The van der Waals surface area contributed by atoms with Crippen LogP contribution in [0.4, 0.5) is 4.39 Å². The van der Waals surface area contributed by atoms with Crippen LogP contribution in [0.2, 0.25) is 0 Å². The van der Waals surface area contributed by atoms with E-state index in [1.54, 1.807) is 30.3 Å². The Morgan fingerprint density at radius 1 is 1.03 bits per heavy atom. The SMILES string of the molecule is CCNC(=O)c1ccc(Oc2ccc(F)c3c2CCC3Oc2ccc(C3CC3C(=O)O)cc2)cc1. The van der Waals surface area contributed by atoms with Crippen molar-refractivity contribution in [2.75, 3.05) is 6.54 Å². The molecule has 1 amide bonds. The van der Waals surface area contributed by atoms with Gasteiger partial charge in [-0.3, -0.25) is 9.59 Å². The van der Waals surface area contributed by atoms with E-state index in [4.69, 9.17) is 14.6 Å². The number of carbonyl (C=O) groups is 2. The number of fused-ring (bicyclic) bond motifs is 1. The second kappa shape index (κ2) is 9.41. The average Bonchev–Trinajstić information content (AvgIpc) is 3.56. The van der Waals surface area contributed by atoms with Crippen LogP contribution < -0.4 is 14.8 Å². The van der Waals surface area contributed by atoms with Crippen LogP contribution in [-0.4, -0.2) is 23.5 Å². The van der Waals surface area contributed by atoms with Crippen LogP contribution in [0.15, 0.2) is 60.7 Å². The van der Waals surface area contributed by atoms with Gasteiger partial charge in [-0.05, 0) is 86.2 Å². The Hall–Kier alpha value is -3.87. The van der Waals surface area contributed by atoms with Crippen LogP contribution in [0, 0.1) is 11.7 Å². The highest BCUT2D eigenvalue weighted by Crippen LogP contribution is 2.48. The van der Waals surface area contributed by atoms with Gasteiger partial charge in [-0.1, -0.05) is 12.1 Å². The molecule has 0 spiro atoms. The maximum absolute atomic E-state index is 14.8. The lowest BCUT2D eigenvalue weighted by molar-refractivity contribution is -0.138. The summed E-state index contributed by atoms with van der Waals surface area (Å²) in [4.78, 5) is 23.1. The Labute approximate surface area is 202 Å². The van der Waals surface area contributed by atoms with Gasteiger partial charge in [-0.25, -0.2) is 4.39 Å². The van der Waals surface area contributed by atoms with Crippen molar-refractivity contribution in [3.8, 4) is 17.2 Å². The molecule has 0 saturated heterocycles. The van der Waals surface area contributed by atoms with E-state index in [-0.39, 0.29) is 23.6 Å². The Balaban J connectivity index is 1.29. The summed E-state index contributed by atoms with van der Waals surface area (Å²) >= 11 is 0. The summed E-state index contributed by atoms with van der Waals surface area (Å²) in [5.41, 5.74) is 2.81. The van der Waals surface area contributed by atoms with Gasteiger partial charge in [-0.15, -0.1) is 0 Å². The molecule has 2 aliphatic carbocycles. The highest BCUT2D eigenvalue weighted by Gasteiger charge is 2.44. The van der Waals surface area contributed by atoms with Crippen molar-refractivity contribution in [3.63, 3.8) is 0 Å². The minimum atomic E-state index is -0.760. The third-order valence-electron chi connectivity index (χ3n) is 6.62. The van der Waals surface area contributed by atoms with Gasteiger partial charge in [0.2, 0.25) is 0 Å². The van der Waals surface area contributed by atoms with Crippen molar-refractivity contribution in [2.24, 2.45) is 5.92 Å². The van der Waals surface area contributed by atoms with Crippen molar-refractivity contribution in [1.82, 2.24) is 5.32 Å². The first kappa shape index (κ1) is 22.9. The molecule has 1 fully saturated rings. The quantitative estimate of drug-likeness (QED) is 0.442. The molecule has 3 aromatic rings. The van der Waals surface area contributed by atoms with E-state index in [0.717, 1.165) is 11.1 Å². The largest absolute Gasteiger partial charge is 0.486 e. The van der Waals surface area contributed by atoms with Crippen molar-refractivity contribution >= 4 is 11.9 Å². The summed E-state index contributed by atoms with van der Waals surface area (Å²) in [5, 5.41) is 11.9. The average molecular weight is 476 g/mol. The summed E-state index contributed by atoms with van der Waals surface area (Å²) in [5.74, 6) is 0.263. The van der Waals surface area contributed by atoms with E-state index in [2.05, 4.69) is 5.32 Å². The number of hydrogen-bond acceptors (Lipinski definition) is 4. The number of halogens is 1. The highest BCUT2D eigenvalue weighted by atomic mass is 19.1. The third-order valence-corrected chi connectivity index (χ3v) is 6.62. The fraction of sp³-hybridized carbons (Fsp3) is 0.286. The molecule has 0 aromatic heterocycles. The number of hydrogen-bond donors (Lipinski definition) is 2. The third kappa shape index (κ3) is 4.71. The number of carboxylic acid groups (broad SMARTS) is 1. The second-order valence-corrected chi connectivity index (χ2v) is 8.92. The van der Waals surface area contributed by atoms with Gasteiger partial charge in [0.25, 0.3) is 5.91 Å². The summed E-state index contributed by atoms with van der Waals surface area (Å²) in [6.45, 7) is 2.42. The number of amides is 1. The van der Waals surface area contributed by atoms with E-state index in [1.165, 1.54) is 6.07 Å². The van der Waals surface area contributed by atoms with Crippen LogP contribution in [0.5, 0.6) is 17.2 Å². The molecule has 7 heteroatoms. The number of carboxylic acids is 1. The first-order valence-corrected chi connectivity index (χ1v) is 11.8. The predicted molar refractivity (Wildman–Crippen MR) is 128 cm³/mol. The van der Waals surface area contributed by atoms with E-state index in [0.29, 0.717) is 54.2 Å². The zero-order valence-electron chi connectivity index (χ0n) is 19.3. The van der Waals surface area contributed by atoms with Gasteiger partial charge in [0.15, 0.2) is 0 Å². The Bertz CT molecular complexity index is 1260. The van der Waals surface area contributed by atoms with Crippen molar-refractivity contribution < 1.29 is 28.6 Å². The zero-order chi connectivity index (χ0) is 24.5. The monoisotopic (exact) mass is 475 g/mol. The van der Waals surface area contributed by atoms with Gasteiger partial charge < -0.3 is 19.9 Å². The van der Waals surface area contributed by atoms with Crippen LogP contribution in [0.3, 0.4) is 0 Å². The number of rotatable bonds is 8. The summed E-state index contributed by atoms with van der Waals surface area (Å²) < 4.78 is 27.0. The molecule has 0 radical (unpaired) electrons. The van der Waals surface area contributed by atoms with Gasteiger partial charge in [0.1, 0.15) is 29.2 Å². The number of ether oxygens (including phenoxy) is 2. The maximum Gasteiger partial charge on any atom is 0.307 e. The Kier molecular flexibility index (Phi) is 6.16. The summed E-state index contributed by atoms with van der Waals surface area (Å²) in [6.07, 6.45) is 1.46. The molecule has 0 heterocycles. The molecule has 35 heavy (non-hydrogen) atoms. The van der Waals surface area contributed by atoms with E-state index in [9.17, 15) is 14.0 Å². The van der Waals surface area contributed by atoms with Crippen LogP contribution in [0.1, 0.15) is 58.8 Å². The molecule has 2 N–H and O–H groups in total. The van der Waals surface area contributed by atoms with Gasteiger partial charge in [0, 0.05) is 23.2 Å². The molecular weight excluding hydrogens is 449 g/mol. The zero-order valence-corrected chi connectivity index (χ0v) is 19.3. The number of carbonyl (C=O) groups excluding carboxylic acids is 1. The molecular formula is C28H26FNO5. The van der Waals surface area contributed by atoms with Gasteiger partial charge in [-0.2, -0.15) is 0 Å². The Morgan fingerprint density at radius 3 is 2.40 bits per heavy atom. The Morgan fingerprint density at radius 2 is 1.74 bits per heavy atom. The molecule has 6 nitrogen and oxygen atoms in total. The molecule has 180 valence electrons. The van der Waals surface area contributed by atoms with E-state index < -0.39 is 12.1 Å². The normalized spacial score (nSPS) is 20.1. The van der Waals surface area contributed by atoms with Crippen molar-refractivity contribution in [1.29, 1.82) is 0 Å². The number of benzene rings is 3.